The molecule has 2 unspecified atom stereocenters. The number of carboxylic acids is 2. The predicted molar refractivity (Wildman–Crippen MR) is 43.9 cm³/mol. The number of hydrogen-bond acceptors (Lipinski definition) is 10. The van der Waals surface area contributed by atoms with E-state index < -0.39 is 34.5 Å². The van der Waals surface area contributed by atoms with Gasteiger partial charge in [0.05, 0.1) is 24.1 Å². The van der Waals surface area contributed by atoms with Gasteiger partial charge in [-0.2, -0.15) is 0 Å². The van der Waals surface area contributed by atoms with Crippen LogP contribution in [0.15, 0.2) is 0 Å². The van der Waals surface area contributed by atoms with Crippen molar-refractivity contribution < 1.29 is 86.5 Å². The molecule has 19 heavy (non-hydrogen) atoms. The molecule has 0 aliphatic carbocycles. The van der Waals surface area contributed by atoms with E-state index in [0.29, 0.717) is 0 Å². The molecule has 13 heteroatoms. The second-order valence-electron chi connectivity index (χ2n) is 2.40. The van der Waals surface area contributed by atoms with Crippen LogP contribution in [0.5, 0.6) is 0 Å². The summed E-state index contributed by atoms with van der Waals surface area (Å²) in [5, 5.41) is 34.6. The number of aliphatic carboxylic acids is 2. The standard InChI is InChI=1S/2C3H6O3.H2O4S.2Zn/c2*1-2(4)3(5)6;1-5(2,3)4;;/h2*2,4H,1H3,(H,5,6);(H2,1,2,3,4);;/q;;;2*+2/p-4. The predicted octanol–water partition coefficient (Wildman–Crippen LogP) is -5.11. The van der Waals surface area contributed by atoms with Crippen molar-refractivity contribution in [2.45, 2.75) is 26.1 Å². The van der Waals surface area contributed by atoms with Crippen LogP contribution < -0.4 is 10.2 Å². The molecule has 0 bridgehead atoms. The van der Waals surface area contributed by atoms with Crippen LogP contribution in [0.4, 0.5) is 0 Å². The van der Waals surface area contributed by atoms with Crippen LogP contribution in [0.2, 0.25) is 0 Å². The fourth-order valence-electron chi connectivity index (χ4n) is 0. The maximum Gasteiger partial charge on any atom is 2.00 e. The summed E-state index contributed by atoms with van der Waals surface area (Å²) in [7, 11) is -5.17. The molecule has 0 saturated heterocycles. The van der Waals surface area contributed by atoms with Crippen molar-refractivity contribution in [2.24, 2.45) is 0 Å². The molecule has 2 atom stereocenters. The first-order valence-electron chi connectivity index (χ1n) is 3.73. The maximum absolute atomic E-state index is 9.34. The molecule has 0 radical (unpaired) electrons. The molecule has 0 rings (SSSR count). The van der Waals surface area contributed by atoms with Crippen molar-refractivity contribution >= 4 is 22.3 Å². The Kier molecular flexibility index (Phi) is 26.5. The fraction of sp³-hybridized carbons (Fsp3) is 0.667. The van der Waals surface area contributed by atoms with Crippen LogP contribution in [0.1, 0.15) is 13.8 Å². The van der Waals surface area contributed by atoms with Gasteiger partial charge in [-0.05, 0) is 13.8 Å². The van der Waals surface area contributed by atoms with E-state index in [1.165, 1.54) is 0 Å². The summed E-state index contributed by atoms with van der Waals surface area (Å²) in [4.78, 5) is 18.7. The number of carbonyl (C=O) groups excluding carboxylic acids is 2. The van der Waals surface area contributed by atoms with Crippen molar-refractivity contribution in [1.29, 1.82) is 0 Å². The molecule has 0 heterocycles. The molecule has 10 nitrogen and oxygen atoms in total. The van der Waals surface area contributed by atoms with Gasteiger partial charge < -0.3 is 39.1 Å². The Bertz CT molecular complexity index is 299. The first kappa shape index (κ1) is 31.4. The van der Waals surface area contributed by atoms with E-state index in [1.807, 2.05) is 0 Å². The van der Waals surface area contributed by atoms with Gasteiger partial charge in [-0.1, -0.05) is 0 Å². The number of carbonyl (C=O) groups is 2. The largest absolute Gasteiger partial charge is 2.00 e. The summed E-state index contributed by atoms with van der Waals surface area (Å²) in [6.45, 7) is 2.27. The van der Waals surface area contributed by atoms with Crippen LogP contribution in [0, 0.1) is 0 Å². The van der Waals surface area contributed by atoms with E-state index >= 15 is 0 Å². The van der Waals surface area contributed by atoms with Crippen molar-refractivity contribution in [1.82, 2.24) is 0 Å². The molecule has 0 aliphatic heterocycles. The Morgan fingerprint density at radius 3 is 0.947 bits per heavy atom. The Balaban J connectivity index is -0.0000000492. The maximum atomic E-state index is 9.34. The minimum atomic E-state index is -5.17. The van der Waals surface area contributed by atoms with Crippen LogP contribution >= 0.6 is 0 Å². The van der Waals surface area contributed by atoms with Crippen molar-refractivity contribution in [2.75, 3.05) is 0 Å². The zero-order chi connectivity index (χ0) is 14.8. The third-order valence-corrected chi connectivity index (χ3v) is 0.682. The van der Waals surface area contributed by atoms with E-state index in [4.69, 9.17) is 27.7 Å². The van der Waals surface area contributed by atoms with E-state index in [9.17, 15) is 19.8 Å². The van der Waals surface area contributed by atoms with Gasteiger partial charge in [-0.3, -0.25) is 8.42 Å². The van der Waals surface area contributed by atoms with Crippen LogP contribution in [0.25, 0.3) is 0 Å². The van der Waals surface area contributed by atoms with Crippen molar-refractivity contribution in [3.05, 3.63) is 0 Å². The first-order valence-corrected chi connectivity index (χ1v) is 5.06. The Labute approximate surface area is 134 Å². The Hall–Kier alpha value is -0.0232. The number of rotatable bonds is 2. The Morgan fingerprint density at radius 1 is 0.895 bits per heavy atom. The molecule has 0 fully saturated rings. The zero-order valence-electron chi connectivity index (χ0n) is 10.1. The summed E-state index contributed by atoms with van der Waals surface area (Å²) in [6.07, 6.45) is -2.69. The Morgan fingerprint density at radius 2 is 0.947 bits per heavy atom. The van der Waals surface area contributed by atoms with Gasteiger partial charge in [-0.15, -0.1) is 0 Å². The van der Waals surface area contributed by atoms with Gasteiger partial charge in [0.25, 0.3) is 0 Å². The number of carboxylic acid groups (broad SMARTS) is 2. The van der Waals surface area contributed by atoms with Gasteiger partial charge in [0, 0.05) is 10.4 Å². The molecule has 0 saturated carbocycles. The summed E-state index contributed by atoms with van der Waals surface area (Å²) in [5.41, 5.74) is 0. The third kappa shape index (κ3) is 72.1. The SMILES string of the molecule is CC(O)C(=O)[O-].CC(O)C(=O)[O-].O=S(=O)([O-])[O-].[Zn+2].[Zn+2]. The second kappa shape index (κ2) is 16.0. The van der Waals surface area contributed by atoms with Gasteiger partial charge in [0.15, 0.2) is 0 Å². The quantitative estimate of drug-likeness (QED) is 0.254. The minimum absolute atomic E-state index is 0. The molecule has 0 aromatic heterocycles. The average Bonchev–Trinajstić information content (AvgIpc) is 2.01. The van der Waals surface area contributed by atoms with Gasteiger partial charge >= 0.3 is 39.0 Å². The number of hydrogen-bond donors (Lipinski definition) is 2. The first-order chi connectivity index (χ1) is 7.29. The van der Waals surface area contributed by atoms with E-state index in [-0.39, 0.29) is 39.0 Å². The van der Waals surface area contributed by atoms with Crippen LogP contribution in [-0.2, 0) is 58.9 Å². The molecule has 0 aromatic carbocycles. The van der Waals surface area contributed by atoms with Crippen molar-refractivity contribution in [3.63, 3.8) is 0 Å². The van der Waals surface area contributed by atoms with E-state index in [1.54, 1.807) is 0 Å². The second-order valence-corrected chi connectivity index (χ2v) is 3.21. The van der Waals surface area contributed by atoms with E-state index in [0.717, 1.165) is 13.8 Å². The average molecular weight is 405 g/mol. The monoisotopic (exact) mass is 402 g/mol. The van der Waals surface area contributed by atoms with Crippen LogP contribution in [-0.4, -0.2) is 51.9 Å². The number of aliphatic hydroxyl groups excluding tert-OH is 2. The van der Waals surface area contributed by atoms with E-state index in [2.05, 4.69) is 0 Å². The molecule has 104 valence electrons. The molecular weight excluding hydrogens is 395 g/mol. The summed E-state index contributed by atoms with van der Waals surface area (Å²) in [5.74, 6) is -2.87. The van der Waals surface area contributed by atoms with Gasteiger partial charge in [0.1, 0.15) is 0 Å². The normalized spacial score (nSPS) is 11.7. The summed E-state index contributed by atoms with van der Waals surface area (Å²) < 4.78 is 34.1. The molecule has 0 aliphatic rings. The van der Waals surface area contributed by atoms with Gasteiger partial charge in [-0.25, -0.2) is 0 Å². The third-order valence-electron chi connectivity index (χ3n) is 0.682. The molecule has 2 N–H and O–H groups in total. The summed E-state index contributed by atoms with van der Waals surface area (Å²) in [6, 6.07) is 0. The summed E-state index contributed by atoms with van der Waals surface area (Å²) >= 11 is 0. The number of aliphatic hydroxyl groups is 2. The minimum Gasteiger partial charge on any atom is -0.759 e. The molecule has 0 spiro atoms. The zero-order valence-corrected chi connectivity index (χ0v) is 16.9. The van der Waals surface area contributed by atoms with Crippen LogP contribution in [0.3, 0.4) is 0 Å². The fourth-order valence-corrected chi connectivity index (χ4v) is 0. The van der Waals surface area contributed by atoms with Gasteiger partial charge in [0.2, 0.25) is 0 Å². The molecule has 0 amide bonds. The smallest absolute Gasteiger partial charge is 0.759 e. The molecule has 0 aromatic rings. The molecular formula is C6H10O10SZn2. The van der Waals surface area contributed by atoms with Crippen molar-refractivity contribution in [3.8, 4) is 0 Å². The topological polar surface area (TPSA) is 201 Å².